The summed E-state index contributed by atoms with van der Waals surface area (Å²) in [6.45, 7) is 4.30. The first kappa shape index (κ1) is 14.1. The smallest absolute Gasteiger partial charge is 0.272 e. The van der Waals surface area contributed by atoms with Gasteiger partial charge in [-0.1, -0.05) is 12.1 Å². The molecule has 2 rings (SSSR count). The van der Waals surface area contributed by atoms with Crippen LogP contribution in [0.3, 0.4) is 0 Å². The third kappa shape index (κ3) is 2.83. The van der Waals surface area contributed by atoms with Crippen molar-refractivity contribution in [1.82, 2.24) is 20.1 Å². The van der Waals surface area contributed by atoms with Crippen molar-refractivity contribution in [3.8, 4) is 0 Å². The van der Waals surface area contributed by atoms with Gasteiger partial charge in [-0.15, -0.1) is 0 Å². The average Bonchev–Trinajstić information content (AvgIpc) is 2.81. The van der Waals surface area contributed by atoms with E-state index in [0.717, 1.165) is 11.4 Å². The van der Waals surface area contributed by atoms with Gasteiger partial charge in [0.05, 0.1) is 11.5 Å². The van der Waals surface area contributed by atoms with E-state index in [-0.39, 0.29) is 16.7 Å². The minimum Gasteiger partial charge on any atom is -0.303 e. The lowest BCUT2D eigenvalue weighted by Crippen LogP contribution is -2.21. The standard InChI is InChI=1S/C13H17N5O2/c1-9-11(5-4-6-12(9)18(19)20)10(2)14-7-13-15-8-16-17(13)3/h4-6,8,10,14H,7H2,1-3H3/t10-/m1/s1. The highest BCUT2D eigenvalue weighted by atomic mass is 16.6. The van der Waals surface area contributed by atoms with Gasteiger partial charge in [-0.3, -0.25) is 14.8 Å². The molecule has 1 aromatic heterocycles. The van der Waals surface area contributed by atoms with Crippen LogP contribution in [0.1, 0.15) is 29.9 Å². The molecule has 106 valence electrons. The number of aryl methyl sites for hydroxylation is 1. The molecule has 20 heavy (non-hydrogen) atoms. The van der Waals surface area contributed by atoms with Crippen LogP contribution in [0.2, 0.25) is 0 Å². The van der Waals surface area contributed by atoms with Gasteiger partial charge in [-0.2, -0.15) is 5.10 Å². The topological polar surface area (TPSA) is 85.9 Å². The van der Waals surface area contributed by atoms with E-state index in [1.807, 2.05) is 20.0 Å². The lowest BCUT2D eigenvalue weighted by Gasteiger charge is -2.16. The zero-order chi connectivity index (χ0) is 14.7. The predicted molar refractivity (Wildman–Crippen MR) is 74.1 cm³/mol. The SMILES string of the molecule is Cc1c([C@@H](C)NCc2ncnn2C)cccc1[N+](=O)[O-]. The molecular formula is C13H17N5O2. The van der Waals surface area contributed by atoms with Gasteiger partial charge in [0.25, 0.3) is 5.69 Å². The van der Waals surface area contributed by atoms with Crippen LogP contribution in [-0.2, 0) is 13.6 Å². The van der Waals surface area contributed by atoms with Gasteiger partial charge in [0.15, 0.2) is 0 Å². The van der Waals surface area contributed by atoms with E-state index in [1.165, 1.54) is 12.4 Å². The first-order chi connectivity index (χ1) is 9.50. The molecule has 1 heterocycles. The van der Waals surface area contributed by atoms with Crippen molar-refractivity contribution in [1.29, 1.82) is 0 Å². The molecule has 0 aliphatic rings. The number of nitrogens with zero attached hydrogens (tertiary/aromatic N) is 4. The summed E-state index contributed by atoms with van der Waals surface area (Å²) < 4.78 is 1.69. The van der Waals surface area contributed by atoms with Crippen molar-refractivity contribution in [3.05, 3.63) is 51.6 Å². The van der Waals surface area contributed by atoms with Crippen LogP contribution < -0.4 is 5.32 Å². The van der Waals surface area contributed by atoms with E-state index in [4.69, 9.17) is 0 Å². The Bertz CT molecular complexity index is 623. The number of nitro groups is 1. The Hall–Kier alpha value is -2.28. The zero-order valence-corrected chi connectivity index (χ0v) is 11.7. The Morgan fingerprint density at radius 2 is 2.25 bits per heavy atom. The van der Waals surface area contributed by atoms with Gasteiger partial charge in [0, 0.05) is 24.7 Å². The zero-order valence-electron chi connectivity index (χ0n) is 11.7. The first-order valence-electron chi connectivity index (χ1n) is 6.31. The van der Waals surface area contributed by atoms with Crippen LogP contribution >= 0.6 is 0 Å². The summed E-state index contributed by atoms with van der Waals surface area (Å²) >= 11 is 0. The summed E-state index contributed by atoms with van der Waals surface area (Å²) in [7, 11) is 1.83. The van der Waals surface area contributed by atoms with Gasteiger partial charge < -0.3 is 5.32 Å². The summed E-state index contributed by atoms with van der Waals surface area (Å²) in [5.74, 6) is 0.819. The molecule has 0 aliphatic carbocycles. The predicted octanol–water partition coefficient (Wildman–Crippen LogP) is 1.88. The third-order valence-corrected chi connectivity index (χ3v) is 3.38. The average molecular weight is 275 g/mol. The minimum absolute atomic E-state index is 0.00778. The molecule has 0 spiro atoms. The van der Waals surface area contributed by atoms with E-state index < -0.39 is 0 Å². The summed E-state index contributed by atoms with van der Waals surface area (Å²) in [6, 6.07) is 5.12. The van der Waals surface area contributed by atoms with E-state index in [0.29, 0.717) is 12.1 Å². The molecule has 0 amide bonds. The summed E-state index contributed by atoms with van der Waals surface area (Å²) in [5.41, 5.74) is 1.76. The van der Waals surface area contributed by atoms with Gasteiger partial charge in [-0.25, -0.2) is 4.98 Å². The van der Waals surface area contributed by atoms with Crippen molar-refractivity contribution in [2.45, 2.75) is 26.4 Å². The summed E-state index contributed by atoms with van der Waals surface area (Å²) in [6.07, 6.45) is 1.50. The molecule has 1 atom stereocenters. The Kier molecular flexibility index (Phi) is 4.09. The molecule has 0 unspecified atom stereocenters. The molecule has 0 fully saturated rings. The van der Waals surface area contributed by atoms with E-state index >= 15 is 0 Å². The van der Waals surface area contributed by atoms with Crippen molar-refractivity contribution in [3.63, 3.8) is 0 Å². The largest absolute Gasteiger partial charge is 0.303 e. The second-order valence-corrected chi connectivity index (χ2v) is 4.65. The fourth-order valence-electron chi connectivity index (χ4n) is 2.14. The van der Waals surface area contributed by atoms with Crippen LogP contribution in [-0.4, -0.2) is 19.7 Å². The molecule has 0 aliphatic heterocycles. The summed E-state index contributed by atoms with van der Waals surface area (Å²) in [5, 5.41) is 18.3. The number of nitrogens with one attached hydrogen (secondary N) is 1. The molecule has 1 N–H and O–H groups in total. The van der Waals surface area contributed by atoms with Crippen LogP contribution in [0.4, 0.5) is 5.69 Å². The number of benzene rings is 1. The second kappa shape index (κ2) is 5.79. The molecule has 0 saturated heterocycles. The minimum atomic E-state index is -0.353. The fraction of sp³-hybridized carbons (Fsp3) is 0.385. The van der Waals surface area contributed by atoms with Gasteiger partial charge in [0.2, 0.25) is 0 Å². The molecule has 2 aromatic rings. The molecule has 7 heteroatoms. The van der Waals surface area contributed by atoms with Crippen LogP contribution in [0.25, 0.3) is 0 Å². The maximum Gasteiger partial charge on any atom is 0.272 e. The van der Waals surface area contributed by atoms with Crippen molar-refractivity contribution in [2.75, 3.05) is 0 Å². The van der Waals surface area contributed by atoms with Crippen molar-refractivity contribution in [2.24, 2.45) is 7.05 Å². The quantitative estimate of drug-likeness (QED) is 0.665. The summed E-state index contributed by atoms with van der Waals surface area (Å²) in [4.78, 5) is 14.7. The van der Waals surface area contributed by atoms with E-state index in [2.05, 4.69) is 15.4 Å². The molecule has 1 aromatic carbocycles. The molecular weight excluding hydrogens is 258 g/mol. The second-order valence-electron chi connectivity index (χ2n) is 4.65. The molecule has 7 nitrogen and oxygen atoms in total. The van der Waals surface area contributed by atoms with Gasteiger partial charge in [-0.05, 0) is 19.4 Å². The van der Waals surface area contributed by atoms with Crippen LogP contribution in [0, 0.1) is 17.0 Å². The van der Waals surface area contributed by atoms with Crippen LogP contribution in [0.5, 0.6) is 0 Å². The highest BCUT2D eigenvalue weighted by Crippen LogP contribution is 2.25. The maximum absolute atomic E-state index is 10.9. The molecule has 0 saturated carbocycles. The Morgan fingerprint density at radius 3 is 2.85 bits per heavy atom. The number of hydrogen-bond donors (Lipinski definition) is 1. The molecule has 0 bridgehead atoms. The van der Waals surface area contributed by atoms with Gasteiger partial charge in [0.1, 0.15) is 12.2 Å². The number of rotatable bonds is 5. The maximum atomic E-state index is 10.9. The van der Waals surface area contributed by atoms with Gasteiger partial charge >= 0.3 is 0 Å². The van der Waals surface area contributed by atoms with E-state index in [9.17, 15) is 10.1 Å². The normalized spacial score (nSPS) is 12.3. The number of hydrogen-bond acceptors (Lipinski definition) is 5. The molecule has 0 radical (unpaired) electrons. The number of nitro benzene ring substituents is 1. The third-order valence-electron chi connectivity index (χ3n) is 3.38. The Balaban J connectivity index is 2.13. The van der Waals surface area contributed by atoms with E-state index in [1.54, 1.807) is 17.7 Å². The fourth-order valence-corrected chi connectivity index (χ4v) is 2.14. The first-order valence-corrected chi connectivity index (χ1v) is 6.31. The highest BCUT2D eigenvalue weighted by Gasteiger charge is 2.17. The number of aromatic nitrogens is 3. The monoisotopic (exact) mass is 275 g/mol. The van der Waals surface area contributed by atoms with Crippen molar-refractivity contribution >= 4 is 5.69 Å². The Morgan fingerprint density at radius 1 is 1.50 bits per heavy atom. The van der Waals surface area contributed by atoms with Crippen molar-refractivity contribution < 1.29 is 4.92 Å². The highest BCUT2D eigenvalue weighted by molar-refractivity contribution is 5.45. The Labute approximate surface area is 116 Å². The lowest BCUT2D eigenvalue weighted by molar-refractivity contribution is -0.385. The lowest BCUT2D eigenvalue weighted by atomic mass is 10.0. The van der Waals surface area contributed by atoms with Crippen LogP contribution in [0.15, 0.2) is 24.5 Å².